The third kappa shape index (κ3) is 5.27. The Kier molecular flexibility index (Phi) is 6.00. The lowest BCUT2D eigenvalue weighted by Gasteiger charge is -2.27. The quantitative estimate of drug-likeness (QED) is 0.487. The van der Waals surface area contributed by atoms with E-state index in [2.05, 4.69) is 70.4 Å². The zero-order valence-corrected chi connectivity index (χ0v) is 18.4. The maximum atomic E-state index is 12.6. The number of H-pyrrole nitrogens is 1. The number of hydrogen-bond acceptors (Lipinski definition) is 5. The van der Waals surface area contributed by atoms with Gasteiger partial charge < -0.3 is 0 Å². The van der Waals surface area contributed by atoms with Gasteiger partial charge in [-0.1, -0.05) is 75.4 Å². The van der Waals surface area contributed by atoms with Crippen LogP contribution in [-0.2, 0) is 24.9 Å². The molecule has 160 valence electrons. The maximum absolute atomic E-state index is 12.6. The van der Waals surface area contributed by atoms with Gasteiger partial charge >= 0.3 is 0 Å². The first-order valence-electron chi connectivity index (χ1n) is 10.7. The highest BCUT2D eigenvalue weighted by molar-refractivity contribution is 5.80. The second kappa shape index (κ2) is 8.86. The first kappa shape index (κ1) is 21.0. The highest BCUT2D eigenvalue weighted by Crippen LogP contribution is 2.22. The second-order valence-corrected chi connectivity index (χ2v) is 9.03. The lowest BCUT2D eigenvalue weighted by atomic mass is 9.87. The summed E-state index contributed by atoms with van der Waals surface area (Å²) in [5.74, 6) is 0.378. The summed E-state index contributed by atoms with van der Waals surface area (Å²) in [6, 6.07) is 18.6. The number of hydrazone groups is 1. The van der Waals surface area contributed by atoms with E-state index in [0.717, 1.165) is 36.3 Å². The number of aromatic nitrogens is 2. The number of rotatable bonds is 5. The number of fused-ring (bicyclic) bond motifs is 1. The minimum Gasteiger partial charge on any atom is -0.294 e. The van der Waals surface area contributed by atoms with Crippen LogP contribution in [0.2, 0.25) is 0 Å². The van der Waals surface area contributed by atoms with Gasteiger partial charge in [-0.15, -0.1) is 0 Å². The fourth-order valence-corrected chi connectivity index (χ4v) is 3.75. The van der Waals surface area contributed by atoms with E-state index in [4.69, 9.17) is 0 Å². The Labute approximate surface area is 183 Å². The van der Waals surface area contributed by atoms with Crippen LogP contribution >= 0.6 is 0 Å². The number of benzene rings is 2. The molecule has 0 aliphatic carbocycles. The van der Waals surface area contributed by atoms with Crippen molar-refractivity contribution in [3.63, 3.8) is 0 Å². The molecule has 0 spiro atoms. The van der Waals surface area contributed by atoms with E-state index in [9.17, 15) is 4.79 Å². The van der Waals surface area contributed by atoms with Crippen molar-refractivity contribution in [1.82, 2.24) is 14.9 Å². The minimum atomic E-state index is -0.102. The Morgan fingerprint density at radius 3 is 2.58 bits per heavy atom. The number of aromatic amines is 1. The fourth-order valence-electron chi connectivity index (χ4n) is 3.75. The molecule has 2 heterocycles. The lowest BCUT2D eigenvalue weighted by Crippen LogP contribution is -2.35. The van der Waals surface area contributed by atoms with Crippen molar-refractivity contribution in [2.75, 3.05) is 12.0 Å². The van der Waals surface area contributed by atoms with Crippen molar-refractivity contribution in [2.24, 2.45) is 5.10 Å². The van der Waals surface area contributed by atoms with Crippen LogP contribution in [0.4, 0.5) is 5.95 Å². The summed E-state index contributed by atoms with van der Waals surface area (Å²) in [6.07, 6.45) is 2.48. The summed E-state index contributed by atoms with van der Waals surface area (Å²) in [4.78, 5) is 22.3. The predicted molar refractivity (Wildman–Crippen MR) is 125 cm³/mol. The molecule has 3 aromatic rings. The van der Waals surface area contributed by atoms with E-state index in [1.165, 1.54) is 11.1 Å². The van der Waals surface area contributed by atoms with Crippen LogP contribution in [0.3, 0.4) is 0 Å². The normalized spacial score (nSPS) is 14.5. The van der Waals surface area contributed by atoms with Gasteiger partial charge in [0.1, 0.15) is 0 Å². The Morgan fingerprint density at radius 2 is 1.87 bits per heavy atom. The van der Waals surface area contributed by atoms with Crippen LogP contribution in [0, 0.1) is 0 Å². The van der Waals surface area contributed by atoms with E-state index < -0.39 is 0 Å². The van der Waals surface area contributed by atoms with Crippen LogP contribution in [0.15, 0.2) is 64.5 Å². The molecule has 2 aromatic carbocycles. The van der Waals surface area contributed by atoms with E-state index in [0.29, 0.717) is 12.5 Å². The van der Waals surface area contributed by atoms with Gasteiger partial charge in [-0.3, -0.25) is 14.7 Å². The zero-order chi connectivity index (χ0) is 21.8. The zero-order valence-electron chi connectivity index (χ0n) is 18.4. The molecule has 4 rings (SSSR count). The third-order valence-corrected chi connectivity index (χ3v) is 5.56. The number of nitrogens with zero attached hydrogens (tertiary/aromatic N) is 3. The van der Waals surface area contributed by atoms with Crippen molar-refractivity contribution in [1.29, 1.82) is 0 Å². The van der Waals surface area contributed by atoms with Gasteiger partial charge in [0.15, 0.2) is 0 Å². The van der Waals surface area contributed by atoms with Gasteiger partial charge in [0, 0.05) is 26.1 Å². The molecule has 0 atom stereocenters. The first-order valence-corrected chi connectivity index (χ1v) is 10.7. The highest BCUT2D eigenvalue weighted by atomic mass is 16.1. The largest absolute Gasteiger partial charge is 0.294 e. The molecule has 1 aliphatic rings. The molecule has 6 heteroatoms. The van der Waals surface area contributed by atoms with Gasteiger partial charge in [0.05, 0.1) is 17.5 Å². The molecule has 6 nitrogen and oxygen atoms in total. The van der Waals surface area contributed by atoms with Gasteiger partial charge in [-0.2, -0.15) is 5.10 Å². The van der Waals surface area contributed by atoms with Crippen LogP contribution in [0.25, 0.3) is 0 Å². The molecule has 31 heavy (non-hydrogen) atoms. The predicted octanol–water partition coefficient (Wildman–Crippen LogP) is 4.07. The summed E-state index contributed by atoms with van der Waals surface area (Å²) in [5, 5.41) is 4.25. The van der Waals surface area contributed by atoms with Crippen LogP contribution in [0.5, 0.6) is 0 Å². The standard InChI is InChI=1S/C25H29N5O/c1-25(2,3)20-11-9-18(10-12-20)15-26-29-24-27-22-13-14-30(17-21(22)23(31)28-24)16-19-7-5-4-6-8-19/h4-12,15H,13-14,16-17H2,1-3H3,(H2,27,28,29,31)/b26-15-. The topological polar surface area (TPSA) is 73.4 Å². The summed E-state index contributed by atoms with van der Waals surface area (Å²) >= 11 is 0. The van der Waals surface area contributed by atoms with Crippen molar-refractivity contribution in [3.8, 4) is 0 Å². The Balaban J connectivity index is 1.41. The van der Waals surface area contributed by atoms with Crippen molar-refractivity contribution in [2.45, 2.75) is 45.7 Å². The van der Waals surface area contributed by atoms with Gasteiger partial charge in [0.2, 0.25) is 5.95 Å². The summed E-state index contributed by atoms with van der Waals surface area (Å²) in [6.45, 7) is 8.89. The van der Waals surface area contributed by atoms with Crippen LogP contribution < -0.4 is 11.0 Å². The summed E-state index contributed by atoms with van der Waals surface area (Å²) < 4.78 is 0. The molecule has 0 amide bonds. The highest BCUT2D eigenvalue weighted by Gasteiger charge is 2.21. The van der Waals surface area contributed by atoms with Crippen LogP contribution in [-0.4, -0.2) is 27.6 Å². The fraction of sp³-hybridized carbons (Fsp3) is 0.320. The minimum absolute atomic E-state index is 0.102. The molecule has 0 radical (unpaired) electrons. The number of hydrogen-bond donors (Lipinski definition) is 2. The average Bonchev–Trinajstić information content (AvgIpc) is 2.75. The second-order valence-electron chi connectivity index (χ2n) is 9.03. The Bertz CT molecular complexity index is 1110. The van der Waals surface area contributed by atoms with Crippen molar-refractivity contribution in [3.05, 3.63) is 92.9 Å². The maximum Gasteiger partial charge on any atom is 0.257 e. The summed E-state index contributed by atoms with van der Waals surface area (Å²) in [5.41, 5.74) is 7.99. The molecule has 0 fully saturated rings. The Morgan fingerprint density at radius 1 is 1.13 bits per heavy atom. The van der Waals surface area contributed by atoms with Crippen molar-refractivity contribution >= 4 is 12.2 Å². The lowest BCUT2D eigenvalue weighted by molar-refractivity contribution is 0.242. The van der Waals surface area contributed by atoms with Gasteiger partial charge in [-0.25, -0.2) is 10.4 Å². The summed E-state index contributed by atoms with van der Waals surface area (Å²) in [7, 11) is 0. The molecular formula is C25H29N5O. The molecule has 0 saturated heterocycles. The molecular weight excluding hydrogens is 386 g/mol. The Hall–Kier alpha value is -3.25. The molecule has 1 aliphatic heterocycles. The molecule has 0 saturated carbocycles. The third-order valence-electron chi connectivity index (χ3n) is 5.56. The average molecular weight is 416 g/mol. The van der Waals surface area contributed by atoms with E-state index >= 15 is 0 Å². The van der Waals surface area contributed by atoms with E-state index in [1.807, 2.05) is 30.3 Å². The molecule has 0 bridgehead atoms. The molecule has 0 unspecified atom stereocenters. The SMILES string of the molecule is CC(C)(C)c1ccc(/C=N\Nc2nc3c(c(=O)[nH]2)CN(Cc2ccccc2)CC3)cc1. The molecule has 1 aromatic heterocycles. The number of nitrogens with one attached hydrogen (secondary N) is 2. The van der Waals surface area contributed by atoms with Gasteiger partial charge in [-0.05, 0) is 22.1 Å². The monoisotopic (exact) mass is 415 g/mol. The van der Waals surface area contributed by atoms with E-state index in [-0.39, 0.29) is 11.0 Å². The van der Waals surface area contributed by atoms with Crippen LogP contribution in [0.1, 0.15) is 48.7 Å². The smallest absolute Gasteiger partial charge is 0.257 e. The first-order chi connectivity index (χ1) is 14.9. The van der Waals surface area contributed by atoms with E-state index in [1.54, 1.807) is 6.21 Å². The molecule has 2 N–H and O–H groups in total. The number of anilines is 1. The van der Waals surface area contributed by atoms with Gasteiger partial charge in [0.25, 0.3) is 5.56 Å². The van der Waals surface area contributed by atoms with Crippen molar-refractivity contribution < 1.29 is 0 Å².